The van der Waals surface area contributed by atoms with E-state index in [2.05, 4.69) is 26.1 Å². The first-order valence-corrected chi connectivity index (χ1v) is 7.08. The zero-order chi connectivity index (χ0) is 12.8. The third-order valence-corrected chi connectivity index (χ3v) is 3.91. The maximum absolute atomic E-state index is 6.29. The van der Waals surface area contributed by atoms with E-state index in [-0.39, 0.29) is 6.04 Å². The first-order valence-electron chi connectivity index (χ1n) is 6.32. The highest BCUT2D eigenvalue weighted by Gasteiger charge is 2.23. The predicted octanol–water partition coefficient (Wildman–Crippen LogP) is 5.08. The first kappa shape index (κ1) is 14.8. The van der Waals surface area contributed by atoms with Crippen molar-refractivity contribution in [1.29, 1.82) is 0 Å². The van der Waals surface area contributed by atoms with Crippen molar-refractivity contribution in [2.75, 3.05) is 6.54 Å². The Morgan fingerprint density at radius 1 is 1.06 bits per heavy atom. The lowest BCUT2D eigenvalue weighted by atomic mass is 9.88. The van der Waals surface area contributed by atoms with E-state index in [4.69, 9.17) is 23.2 Å². The highest BCUT2D eigenvalue weighted by molar-refractivity contribution is 6.36. The van der Waals surface area contributed by atoms with Crippen molar-refractivity contribution >= 4 is 23.2 Å². The Balaban J connectivity index is 3.12. The van der Waals surface area contributed by atoms with Crippen LogP contribution in [0.25, 0.3) is 0 Å². The molecular formula is C14H21Cl2N. The fourth-order valence-corrected chi connectivity index (χ4v) is 2.92. The second-order valence-electron chi connectivity index (χ2n) is 4.25. The third-order valence-electron chi connectivity index (χ3n) is 3.25. The molecule has 17 heavy (non-hydrogen) atoms. The fourth-order valence-electron chi connectivity index (χ4n) is 2.29. The molecule has 0 aliphatic carbocycles. The highest BCUT2D eigenvalue weighted by atomic mass is 35.5. The van der Waals surface area contributed by atoms with Gasteiger partial charge < -0.3 is 5.32 Å². The van der Waals surface area contributed by atoms with Crippen molar-refractivity contribution in [3.05, 3.63) is 33.8 Å². The summed E-state index contributed by atoms with van der Waals surface area (Å²) < 4.78 is 0. The maximum atomic E-state index is 6.29. The van der Waals surface area contributed by atoms with Crippen LogP contribution in [0.5, 0.6) is 0 Å². The average molecular weight is 274 g/mol. The van der Waals surface area contributed by atoms with E-state index in [1.807, 2.05) is 18.2 Å². The zero-order valence-corrected chi connectivity index (χ0v) is 12.3. The molecule has 1 unspecified atom stereocenters. The fraction of sp³-hybridized carbons (Fsp3) is 0.571. The van der Waals surface area contributed by atoms with Gasteiger partial charge in [-0.3, -0.25) is 0 Å². The monoisotopic (exact) mass is 273 g/mol. The van der Waals surface area contributed by atoms with Gasteiger partial charge in [0, 0.05) is 21.7 Å². The van der Waals surface area contributed by atoms with Gasteiger partial charge >= 0.3 is 0 Å². The van der Waals surface area contributed by atoms with Gasteiger partial charge in [-0.25, -0.2) is 0 Å². The number of nitrogens with one attached hydrogen (secondary N) is 1. The SMILES string of the molecule is CCNC(c1c(Cl)cccc1Cl)C(CC)CC. The highest BCUT2D eigenvalue weighted by Crippen LogP contribution is 2.36. The van der Waals surface area contributed by atoms with Crippen molar-refractivity contribution in [3.63, 3.8) is 0 Å². The number of halogens is 2. The molecule has 3 heteroatoms. The lowest BCUT2D eigenvalue weighted by Crippen LogP contribution is -2.28. The minimum Gasteiger partial charge on any atom is -0.310 e. The van der Waals surface area contributed by atoms with Gasteiger partial charge in [-0.2, -0.15) is 0 Å². The van der Waals surface area contributed by atoms with E-state index in [1.54, 1.807) is 0 Å². The van der Waals surface area contributed by atoms with Crippen LogP contribution in [-0.4, -0.2) is 6.54 Å². The Morgan fingerprint density at radius 3 is 2.00 bits per heavy atom. The van der Waals surface area contributed by atoms with Crippen molar-refractivity contribution in [3.8, 4) is 0 Å². The second kappa shape index (κ2) is 7.25. The topological polar surface area (TPSA) is 12.0 Å². The molecule has 0 amide bonds. The van der Waals surface area contributed by atoms with Gasteiger partial charge in [-0.05, 0) is 24.6 Å². The Kier molecular flexibility index (Phi) is 6.32. The van der Waals surface area contributed by atoms with Gasteiger partial charge in [0.1, 0.15) is 0 Å². The lowest BCUT2D eigenvalue weighted by Gasteiger charge is -2.28. The van der Waals surface area contributed by atoms with E-state index in [0.717, 1.165) is 35.0 Å². The van der Waals surface area contributed by atoms with Gasteiger partial charge in [0.05, 0.1) is 0 Å². The summed E-state index contributed by atoms with van der Waals surface area (Å²) in [5.74, 6) is 0.562. The normalized spacial score (nSPS) is 13.1. The molecule has 1 rings (SSSR count). The molecule has 96 valence electrons. The van der Waals surface area contributed by atoms with Crippen LogP contribution >= 0.6 is 23.2 Å². The summed E-state index contributed by atoms with van der Waals surface area (Å²) in [5.41, 5.74) is 1.05. The standard InChI is InChI=1S/C14H21Cl2N/c1-4-10(5-2)14(17-6-3)13-11(15)8-7-9-12(13)16/h7-10,14,17H,4-6H2,1-3H3. The number of benzene rings is 1. The van der Waals surface area contributed by atoms with Crippen LogP contribution in [0.15, 0.2) is 18.2 Å². The zero-order valence-electron chi connectivity index (χ0n) is 10.8. The summed E-state index contributed by atoms with van der Waals surface area (Å²) in [6.07, 6.45) is 2.24. The predicted molar refractivity (Wildman–Crippen MR) is 77.0 cm³/mol. The molecule has 0 bridgehead atoms. The quantitative estimate of drug-likeness (QED) is 0.762. The summed E-state index contributed by atoms with van der Waals surface area (Å²) in [5, 5.41) is 5.03. The molecule has 0 saturated heterocycles. The van der Waals surface area contributed by atoms with Crippen molar-refractivity contribution in [2.24, 2.45) is 5.92 Å². The van der Waals surface area contributed by atoms with Gasteiger partial charge in [0.15, 0.2) is 0 Å². The third kappa shape index (κ3) is 3.61. The minimum atomic E-state index is 0.246. The molecule has 0 aliphatic heterocycles. The number of hydrogen-bond acceptors (Lipinski definition) is 1. The van der Waals surface area contributed by atoms with E-state index in [9.17, 15) is 0 Å². The van der Waals surface area contributed by atoms with Crippen LogP contribution in [0.2, 0.25) is 10.0 Å². The molecule has 0 aromatic heterocycles. The lowest BCUT2D eigenvalue weighted by molar-refractivity contribution is 0.347. The molecule has 1 aromatic carbocycles. The maximum Gasteiger partial charge on any atom is 0.0468 e. The first-order chi connectivity index (χ1) is 8.15. The summed E-state index contributed by atoms with van der Waals surface area (Å²) in [6, 6.07) is 5.96. The van der Waals surface area contributed by atoms with E-state index in [1.165, 1.54) is 0 Å². The second-order valence-corrected chi connectivity index (χ2v) is 5.06. The molecule has 1 atom stereocenters. The Bertz CT molecular complexity index is 328. The molecule has 0 saturated carbocycles. The minimum absolute atomic E-state index is 0.246. The smallest absolute Gasteiger partial charge is 0.0468 e. The van der Waals surface area contributed by atoms with Crippen LogP contribution < -0.4 is 5.32 Å². The molecule has 0 aliphatic rings. The number of hydrogen-bond donors (Lipinski definition) is 1. The Labute approximate surface area is 115 Å². The van der Waals surface area contributed by atoms with E-state index < -0.39 is 0 Å². The van der Waals surface area contributed by atoms with Gasteiger partial charge in [-0.15, -0.1) is 0 Å². The summed E-state index contributed by atoms with van der Waals surface area (Å²) in [4.78, 5) is 0. The molecule has 1 nitrogen and oxygen atoms in total. The summed E-state index contributed by atoms with van der Waals surface area (Å²) >= 11 is 12.6. The number of rotatable bonds is 6. The van der Waals surface area contributed by atoms with Gasteiger partial charge in [0.2, 0.25) is 0 Å². The molecule has 1 aromatic rings. The van der Waals surface area contributed by atoms with Crippen LogP contribution in [-0.2, 0) is 0 Å². The summed E-state index contributed by atoms with van der Waals surface area (Å²) in [6.45, 7) is 7.45. The molecule has 0 radical (unpaired) electrons. The summed E-state index contributed by atoms with van der Waals surface area (Å²) in [7, 11) is 0. The van der Waals surface area contributed by atoms with Gasteiger partial charge in [0.25, 0.3) is 0 Å². The van der Waals surface area contributed by atoms with Crippen LogP contribution in [0.1, 0.15) is 45.2 Å². The Hall–Kier alpha value is -0.240. The van der Waals surface area contributed by atoms with Crippen LogP contribution in [0.4, 0.5) is 0 Å². The van der Waals surface area contributed by atoms with Crippen molar-refractivity contribution < 1.29 is 0 Å². The average Bonchev–Trinajstić information content (AvgIpc) is 2.30. The van der Waals surface area contributed by atoms with Crippen molar-refractivity contribution in [2.45, 2.75) is 39.7 Å². The van der Waals surface area contributed by atoms with E-state index in [0.29, 0.717) is 5.92 Å². The largest absolute Gasteiger partial charge is 0.310 e. The molecule has 0 spiro atoms. The van der Waals surface area contributed by atoms with Crippen molar-refractivity contribution in [1.82, 2.24) is 5.32 Å². The Morgan fingerprint density at radius 2 is 1.59 bits per heavy atom. The molecule has 0 heterocycles. The van der Waals surface area contributed by atoms with Gasteiger partial charge in [-0.1, -0.05) is 62.9 Å². The van der Waals surface area contributed by atoms with Crippen LogP contribution in [0.3, 0.4) is 0 Å². The molecular weight excluding hydrogens is 253 g/mol. The molecule has 1 N–H and O–H groups in total. The van der Waals surface area contributed by atoms with Crippen LogP contribution in [0, 0.1) is 5.92 Å². The van der Waals surface area contributed by atoms with E-state index >= 15 is 0 Å². The molecule has 0 fully saturated rings.